The van der Waals surface area contributed by atoms with E-state index in [2.05, 4.69) is 121 Å². The Morgan fingerprint density at radius 2 is 0.773 bits per heavy atom. The lowest BCUT2D eigenvalue weighted by molar-refractivity contribution is 0.445. The first-order chi connectivity index (χ1) is 21.8. The standard InChI is InChI=1S/C44H38/c1-5-13-31(14-6-1)21-23-35-29-41(33-17-9-3-10-18-33)39-28-26-38-36(24-22-32-15-7-2-8-16-32)30-42(34-19-11-4-12-20-34)40-27-25-37(35)43(39)44(38)40/h1-2,5-8,13-16,25-30,33-34H,3-4,9-12,17-20H2. The number of hydrogen-bond acceptors (Lipinski definition) is 0. The fraction of sp³-hybridized carbons (Fsp3) is 0.273. The Balaban J connectivity index is 1.43. The van der Waals surface area contributed by atoms with Crippen LogP contribution in [0, 0.1) is 23.7 Å². The zero-order valence-electron chi connectivity index (χ0n) is 25.5. The Morgan fingerprint density at radius 1 is 0.386 bits per heavy atom. The highest BCUT2D eigenvalue weighted by Gasteiger charge is 2.25. The molecule has 0 N–H and O–H groups in total. The zero-order chi connectivity index (χ0) is 29.3. The van der Waals surface area contributed by atoms with E-state index in [1.165, 1.54) is 108 Å². The van der Waals surface area contributed by atoms with Crippen LogP contribution in [-0.4, -0.2) is 0 Å². The zero-order valence-corrected chi connectivity index (χ0v) is 25.5. The van der Waals surface area contributed by atoms with Crippen molar-refractivity contribution in [3.63, 3.8) is 0 Å². The van der Waals surface area contributed by atoms with Crippen molar-refractivity contribution >= 4 is 32.3 Å². The van der Waals surface area contributed by atoms with Gasteiger partial charge in [-0.05, 0) is 117 Å². The van der Waals surface area contributed by atoms with Crippen LogP contribution in [0.15, 0.2) is 97.1 Å². The molecule has 0 aromatic heterocycles. The molecule has 2 fully saturated rings. The molecule has 0 bridgehead atoms. The van der Waals surface area contributed by atoms with E-state index >= 15 is 0 Å². The molecule has 0 radical (unpaired) electrons. The smallest absolute Gasteiger partial charge is 0.0331 e. The third-order valence-corrected chi connectivity index (χ3v) is 10.3. The van der Waals surface area contributed by atoms with Gasteiger partial charge in [0, 0.05) is 22.3 Å². The van der Waals surface area contributed by atoms with Gasteiger partial charge in [0.15, 0.2) is 0 Å². The molecule has 8 rings (SSSR count). The summed E-state index contributed by atoms with van der Waals surface area (Å²) >= 11 is 0. The van der Waals surface area contributed by atoms with Gasteiger partial charge >= 0.3 is 0 Å². The lowest BCUT2D eigenvalue weighted by Crippen LogP contribution is -2.08. The van der Waals surface area contributed by atoms with Gasteiger partial charge < -0.3 is 0 Å². The predicted molar refractivity (Wildman–Crippen MR) is 187 cm³/mol. The van der Waals surface area contributed by atoms with Crippen LogP contribution < -0.4 is 0 Å². The monoisotopic (exact) mass is 566 g/mol. The van der Waals surface area contributed by atoms with Crippen molar-refractivity contribution in [3.05, 3.63) is 130 Å². The van der Waals surface area contributed by atoms with Crippen LogP contribution in [0.3, 0.4) is 0 Å². The second-order valence-corrected chi connectivity index (χ2v) is 13.0. The van der Waals surface area contributed by atoms with Gasteiger partial charge in [-0.1, -0.05) is 123 Å². The minimum atomic E-state index is 0.598. The van der Waals surface area contributed by atoms with Crippen molar-refractivity contribution < 1.29 is 0 Å². The Hall–Kier alpha value is -4.52. The van der Waals surface area contributed by atoms with E-state index < -0.39 is 0 Å². The molecule has 2 aliphatic carbocycles. The Morgan fingerprint density at radius 3 is 1.18 bits per heavy atom. The molecule has 0 saturated heterocycles. The van der Waals surface area contributed by atoms with E-state index in [0.29, 0.717) is 11.8 Å². The molecule has 6 aromatic carbocycles. The van der Waals surface area contributed by atoms with Crippen LogP contribution >= 0.6 is 0 Å². The molecule has 0 unspecified atom stereocenters. The van der Waals surface area contributed by atoms with E-state index in [9.17, 15) is 0 Å². The summed E-state index contributed by atoms with van der Waals surface area (Å²) in [5.41, 5.74) is 7.46. The molecular formula is C44H38. The average molecular weight is 567 g/mol. The third-order valence-electron chi connectivity index (χ3n) is 10.3. The van der Waals surface area contributed by atoms with Crippen molar-refractivity contribution in [2.24, 2.45) is 0 Å². The van der Waals surface area contributed by atoms with Gasteiger partial charge in [-0.25, -0.2) is 0 Å². The summed E-state index contributed by atoms with van der Waals surface area (Å²) in [5.74, 6) is 15.5. The summed E-state index contributed by atoms with van der Waals surface area (Å²) in [6.07, 6.45) is 13.1. The van der Waals surface area contributed by atoms with Crippen LogP contribution in [-0.2, 0) is 0 Å². The minimum absolute atomic E-state index is 0.598. The lowest BCUT2D eigenvalue weighted by Gasteiger charge is -2.27. The van der Waals surface area contributed by atoms with Gasteiger partial charge in [0.2, 0.25) is 0 Å². The highest BCUT2D eigenvalue weighted by Crippen LogP contribution is 2.46. The summed E-state index contributed by atoms with van der Waals surface area (Å²) in [6.45, 7) is 0. The second kappa shape index (κ2) is 11.9. The van der Waals surface area contributed by atoms with Crippen molar-refractivity contribution in [3.8, 4) is 23.7 Å². The van der Waals surface area contributed by atoms with Gasteiger partial charge in [0.25, 0.3) is 0 Å². The molecule has 0 amide bonds. The maximum absolute atomic E-state index is 3.66. The van der Waals surface area contributed by atoms with E-state index in [-0.39, 0.29) is 0 Å². The fourth-order valence-corrected chi connectivity index (χ4v) is 8.08. The first-order valence-corrected chi connectivity index (χ1v) is 16.8. The van der Waals surface area contributed by atoms with Crippen LogP contribution in [0.2, 0.25) is 0 Å². The molecule has 2 aliphatic rings. The largest absolute Gasteiger partial charge is 0.0622 e. The number of hydrogen-bond donors (Lipinski definition) is 0. The average Bonchev–Trinajstić information content (AvgIpc) is 3.10. The first-order valence-electron chi connectivity index (χ1n) is 16.8. The van der Waals surface area contributed by atoms with Gasteiger partial charge in [0.1, 0.15) is 0 Å². The molecule has 0 aliphatic heterocycles. The van der Waals surface area contributed by atoms with Crippen molar-refractivity contribution in [1.29, 1.82) is 0 Å². The first kappa shape index (κ1) is 27.1. The normalized spacial score (nSPS) is 16.1. The van der Waals surface area contributed by atoms with E-state index in [1.807, 2.05) is 0 Å². The van der Waals surface area contributed by atoms with Gasteiger partial charge in [-0.15, -0.1) is 0 Å². The summed E-state index contributed by atoms with van der Waals surface area (Å²) in [6, 6.07) is 35.4. The lowest BCUT2D eigenvalue weighted by atomic mass is 9.77. The molecule has 0 atom stereocenters. The van der Waals surface area contributed by atoms with E-state index in [0.717, 1.165) is 22.3 Å². The van der Waals surface area contributed by atoms with Gasteiger partial charge in [-0.3, -0.25) is 0 Å². The number of benzene rings is 6. The fourth-order valence-electron chi connectivity index (χ4n) is 8.08. The molecule has 2 saturated carbocycles. The quantitative estimate of drug-likeness (QED) is 0.144. The van der Waals surface area contributed by atoms with Gasteiger partial charge in [0.05, 0.1) is 0 Å². The predicted octanol–water partition coefficient (Wildman–Crippen LogP) is 11.5. The SMILES string of the molecule is C(#Cc1cc(C2CCCCC2)c2ccc3c(C#Cc4ccccc4)cc(C4CCCCC4)c4ccc1c2c34)c1ccccc1. The van der Waals surface area contributed by atoms with Crippen molar-refractivity contribution in [2.75, 3.05) is 0 Å². The van der Waals surface area contributed by atoms with E-state index in [1.54, 1.807) is 0 Å². The molecule has 214 valence electrons. The second-order valence-electron chi connectivity index (χ2n) is 13.0. The van der Waals surface area contributed by atoms with Crippen LogP contribution in [0.25, 0.3) is 32.3 Å². The third kappa shape index (κ3) is 5.04. The summed E-state index contributed by atoms with van der Waals surface area (Å²) in [5, 5.41) is 8.23. The maximum Gasteiger partial charge on any atom is 0.0331 e. The Kier molecular flexibility index (Phi) is 7.30. The van der Waals surface area contributed by atoms with Crippen molar-refractivity contribution in [1.82, 2.24) is 0 Å². The summed E-state index contributed by atoms with van der Waals surface area (Å²) < 4.78 is 0. The highest BCUT2D eigenvalue weighted by molar-refractivity contribution is 6.26. The molecule has 44 heavy (non-hydrogen) atoms. The maximum atomic E-state index is 3.66. The molecule has 0 heteroatoms. The Bertz CT molecular complexity index is 1910. The Labute approximate surface area is 261 Å². The molecule has 0 spiro atoms. The van der Waals surface area contributed by atoms with Crippen LogP contribution in [0.5, 0.6) is 0 Å². The molecule has 0 nitrogen and oxygen atoms in total. The molecule has 6 aromatic rings. The topological polar surface area (TPSA) is 0 Å². The summed E-state index contributed by atoms with van der Waals surface area (Å²) in [4.78, 5) is 0. The van der Waals surface area contributed by atoms with Crippen molar-refractivity contribution in [2.45, 2.75) is 76.0 Å². The van der Waals surface area contributed by atoms with Crippen LogP contribution in [0.1, 0.15) is 109 Å². The highest BCUT2D eigenvalue weighted by atomic mass is 14.3. The van der Waals surface area contributed by atoms with Crippen LogP contribution in [0.4, 0.5) is 0 Å². The number of rotatable bonds is 2. The van der Waals surface area contributed by atoms with E-state index in [4.69, 9.17) is 0 Å². The summed E-state index contributed by atoms with van der Waals surface area (Å²) in [7, 11) is 0. The minimum Gasteiger partial charge on any atom is -0.0622 e. The molecular weight excluding hydrogens is 528 g/mol. The van der Waals surface area contributed by atoms with Gasteiger partial charge in [-0.2, -0.15) is 0 Å². The molecule has 0 heterocycles.